The van der Waals surface area contributed by atoms with E-state index < -0.39 is 6.09 Å². The molecule has 5 heteroatoms. The Morgan fingerprint density at radius 1 is 1.13 bits per heavy atom. The van der Waals surface area contributed by atoms with Gasteiger partial charge in [-0.25, -0.2) is 4.79 Å². The average molecular weight is 318 g/mol. The van der Waals surface area contributed by atoms with Crippen molar-refractivity contribution in [2.45, 2.75) is 56.8 Å². The molecule has 1 aromatic rings. The normalized spacial score (nSPS) is 28.7. The molecule has 1 heterocycles. The fourth-order valence-corrected chi connectivity index (χ4v) is 3.97. The number of aliphatic hydroxyl groups excluding tert-OH is 1. The Morgan fingerprint density at radius 3 is 2.39 bits per heavy atom. The molecule has 2 aliphatic rings. The van der Waals surface area contributed by atoms with E-state index in [1.807, 2.05) is 30.3 Å². The van der Waals surface area contributed by atoms with Crippen molar-refractivity contribution in [1.82, 2.24) is 9.80 Å². The van der Waals surface area contributed by atoms with Gasteiger partial charge in [-0.1, -0.05) is 30.3 Å². The molecule has 1 aliphatic heterocycles. The number of hydrogen-bond donors (Lipinski definition) is 2. The summed E-state index contributed by atoms with van der Waals surface area (Å²) in [4.78, 5) is 15.6. The van der Waals surface area contributed by atoms with Crippen molar-refractivity contribution in [1.29, 1.82) is 0 Å². The predicted molar refractivity (Wildman–Crippen MR) is 88.3 cm³/mol. The van der Waals surface area contributed by atoms with Crippen LogP contribution in [0.2, 0.25) is 0 Å². The summed E-state index contributed by atoms with van der Waals surface area (Å²) in [6.45, 7) is 2.22. The van der Waals surface area contributed by atoms with Gasteiger partial charge in [-0.2, -0.15) is 0 Å². The molecule has 0 bridgehead atoms. The first-order valence-electron chi connectivity index (χ1n) is 8.59. The molecular weight excluding hydrogens is 292 g/mol. The standard InChI is InChI=1S/C18H26N2O3/c21-17-10-11-19(13-17)15-6-8-16(9-7-15)20(18(22)23)12-14-4-2-1-3-5-14/h1-5,15-17,21H,6-13H2,(H,22,23). The van der Waals surface area contributed by atoms with Crippen molar-refractivity contribution < 1.29 is 15.0 Å². The van der Waals surface area contributed by atoms with Crippen LogP contribution in [0.1, 0.15) is 37.7 Å². The summed E-state index contributed by atoms with van der Waals surface area (Å²) >= 11 is 0. The Labute approximate surface area is 137 Å². The van der Waals surface area contributed by atoms with Crippen LogP contribution < -0.4 is 0 Å². The summed E-state index contributed by atoms with van der Waals surface area (Å²) in [5.74, 6) is 0. The quantitative estimate of drug-likeness (QED) is 0.895. The van der Waals surface area contributed by atoms with Gasteiger partial charge >= 0.3 is 6.09 Å². The minimum Gasteiger partial charge on any atom is -0.465 e. The Hall–Kier alpha value is -1.59. The molecule has 2 N–H and O–H groups in total. The van der Waals surface area contributed by atoms with Gasteiger partial charge in [0.2, 0.25) is 0 Å². The van der Waals surface area contributed by atoms with Gasteiger partial charge in [-0.05, 0) is 37.7 Å². The summed E-state index contributed by atoms with van der Waals surface area (Å²) in [5, 5.41) is 19.3. The van der Waals surface area contributed by atoms with Crippen molar-refractivity contribution in [2.24, 2.45) is 0 Å². The summed E-state index contributed by atoms with van der Waals surface area (Å²) < 4.78 is 0. The van der Waals surface area contributed by atoms with Crippen LogP contribution in [0.15, 0.2) is 30.3 Å². The first kappa shape index (κ1) is 16.3. The van der Waals surface area contributed by atoms with Crippen LogP contribution in [0.3, 0.4) is 0 Å². The van der Waals surface area contributed by atoms with Gasteiger partial charge in [0.25, 0.3) is 0 Å². The highest BCUT2D eigenvalue weighted by molar-refractivity contribution is 5.65. The molecule has 1 atom stereocenters. The molecule has 23 heavy (non-hydrogen) atoms. The maximum atomic E-state index is 11.7. The molecule has 3 rings (SSSR count). The Morgan fingerprint density at radius 2 is 1.83 bits per heavy atom. The fraction of sp³-hybridized carbons (Fsp3) is 0.611. The predicted octanol–water partition coefficient (Wildman–Crippen LogP) is 2.54. The maximum absolute atomic E-state index is 11.7. The number of β-amino-alcohol motifs (C(OH)–C–C–N with tert-alkyl or cyclic N) is 1. The first-order valence-corrected chi connectivity index (χ1v) is 8.59. The van der Waals surface area contributed by atoms with Crippen LogP contribution in [0.25, 0.3) is 0 Å². The summed E-state index contributed by atoms with van der Waals surface area (Å²) in [6, 6.07) is 10.4. The first-order chi connectivity index (χ1) is 11.1. The van der Waals surface area contributed by atoms with E-state index in [0.717, 1.165) is 50.8 Å². The Kier molecular flexibility index (Phi) is 5.18. The van der Waals surface area contributed by atoms with E-state index in [1.54, 1.807) is 4.90 Å². The van der Waals surface area contributed by atoms with Gasteiger partial charge < -0.3 is 15.1 Å². The average Bonchev–Trinajstić information content (AvgIpc) is 3.00. The third-order valence-electron chi connectivity index (χ3n) is 5.26. The van der Waals surface area contributed by atoms with E-state index in [-0.39, 0.29) is 12.1 Å². The number of carboxylic acid groups (broad SMARTS) is 1. The lowest BCUT2D eigenvalue weighted by Crippen LogP contribution is -2.45. The third-order valence-corrected chi connectivity index (χ3v) is 5.26. The lowest BCUT2D eigenvalue weighted by atomic mass is 9.89. The molecular formula is C18H26N2O3. The number of carbonyl (C=O) groups is 1. The molecule has 0 spiro atoms. The van der Waals surface area contributed by atoms with E-state index >= 15 is 0 Å². The van der Waals surface area contributed by atoms with Gasteiger partial charge in [0.1, 0.15) is 0 Å². The lowest BCUT2D eigenvalue weighted by molar-refractivity contribution is 0.0825. The van der Waals surface area contributed by atoms with Crippen molar-refractivity contribution in [3.05, 3.63) is 35.9 Å². The molecule has 1 saturated heterocycles. The SMILES string of the molecule is O=C(O)N(Cc1ccccc1)C1CCC(N2CCC(O)C2)CC1. The maximum Gasteiger partial charge on any atom is 0.407 e. The van der Waals surface area contributed by atoms with Crippen molar-refractivity contribution in [2.75, 3.05) is 13.1 Å². The molecule has 5 nitrogen and oxygen atoms in total. The number of rotatable bonds is 4. The molecule has 0 radical (unpaired) electrons. The number of nitrogens with zero attached hydrogens (tertiary/aromatic N) is 2. The van der Waals surface area contributed by atoms with Crippen LogP contribution in [0.4, 0.5) is 4.79 Å². The van der Waals surface area contributed by atoms with Gasteiger partial charge in [0, 0.05) is 31.7 Å². The smallest absolute Gasteiger partial charge is 0.407 e. The van der Waals surface area contributed by atoms with Crippen LogP contribution in [0, 0.1) is 0 Å². The van der Waals surface area contributed by atoms with Gasteiger partial charge in [0.05, 0.1) is 6.10 Å². The number of benzene rings is 1. The third kappa shape index (κ3) is 4.03. The van der Waals surface area contributed by atoms with Crippen LogP contribution in [-0.4, -0.2) is 57.4 Å². The topological polar surface area (TPSA) is 64.0 Å². The zero-order chi connectivity index (χ0) is 16.2. The van der Waals surface area contributed by atoms with E-state index in [0.29, 0.717) is 12.6 Å². The molecule has 1 aromatic carbocycles. The summed E-state index contributed by atoms with van der Waals surface area (Å²) in [7, 11) is 0. The second kappa shape index (κ2) is 7.32. The zero-order valence-corrected chi connectivity index (χ0v) is 13.5. The van der Waals surface area contributed by atoms with Gasteiger partial charge in [-0.15, -0.1) is 0 Å². The fourth-order valence-electron chi connectivity index (χ4n) is 3.97. The molecule has 1 amide bonds. The highest BCUT2D eigenvalue weighted by atomic mass is 16.4. The van der Waals surface area contributed by atoms with Gasteiger partial charge in [-0.3, -0.25) is 4.90 Å². The van der Waals surface area contributed by atoms with Gasteiger partial charge in [0.15, 0.2) is 0 Å². The molecule has 2 fully saturated rings. The van der Waals surface area contributed by atoms with E-state index in [9.17, 15) is 15.0 Å². The molecule has 1 saturated carbocycles. The molecule has 0 aromatic heterocycles. The monoisotopic (exact) mass is 318 g/mol. The number of amides is 1. The minimum absolute atomic E-state index is 0.108. The second-order valence-electron chi connectivity index (χ2n) is 6.80. The Balaban J connectivity index is 1.56. The van der Waals surface area contributed by atoms with Crippen LogP contribution in [-0.2, 0) is 6.54 Å². The van der Waals surface area contributed by atoms with Crippen molar-refractivity contribution in [3.63, 3.8) is 0 Å². The van der Waals surface area contributed by atoms with E-state index in [4.69, 9.17) is 0 Å². The number of hydrogen-bond acceptors (Lipinski definition) is 3. The zero-order valence-electron chi connectivity index (χ0n) is 13.5. The molecule has 126 valence electrons. The lowest BCUT2D eigenvalue weighted by Gasteiger charge is -2.38. The van der Waals surface area contributed by atoms with E-state index in [2.05, 4.69) is 4.90 Å². The highest BCUT2D eigenvalue weighted by Crippen LogP contribution is 2.29. The van der Waals surface area contributed by atoms with Crippen LogP contribution in [0.5, 0.6) is 0 Å². The molecule has 1 aliphatic carbocycles. The highest BCUT2D eigenvalue weighted by Gasteiger charge is 2.33. The largest absolute Gasteiger partial charge is 0.465 e. The number of likely N-dealkylation sites (tertiary alicyclic amines) is 1. The summed E-state index contributed by atoms with van der Waals surface area (Å²) in [6.07, 6.45) is 3.74. The minimum atomic E-state index is -0.825. The summed E-state index contributed by atoms with van der Waals surface area (Å²) in [5.41, 5.74) is 1.04. The van der Waals surface area contributed by atoms with E-state index in [1.165, 1.54) is 0 Å². The number of aliphatic hydroxyl groups is 1. The molecule has 1 unspecified atom stereocenters. The second-order valence-corrected chi connectivity index (χ2v) is 6.80. The van der Waals surface area contributed by atoms with Crippen molar-refractivity contribution in [3.8, 4) is 0 Å². The van der Waals surface area contributed by atoms with Crippen molar-refractivity contribution >= 4 is 6.09 Å². The van der Waals surface area contributed by atoms with Crippen LogP contribution >= 0.6 is 0 Å². The Bertz CT molecular complexity index is 514.